The number of benzene rings is 2. The molecule has 0 aromatic heterocycles. The minimum absolute atomic E-state index is 0.0153. The third-order valence-corrected chi connectivity index (χ3v) is 6.66. The zero-order chi connectivity index (χ0) is 22.6. The first-order valence-corrected chi connectivity index (χ1v) is 11.2. The Kier molecular flexibility index (Phi) is 6.84. The van der Waals surface area contributed by atoms with Crippen LogP contribution in [0.15, 0.2) is 54.6 Å². The molecule has 0 N–H and O–H groups in total. The largest absolute Gasteiger partial charge is 0.339 e. The van der Waals surface area contributed by atoms with Crippen molar-refractivity contribution in [2.75, 3.05) is 44.4 Å². The second-order valence-electron chi connectivity index (χ2n) is 8.57. The van der Waals surface area contributed by atoms with E-state index in [1.54, 1.807) is 4.90 Å². The topological polar surface area (TPSA) is 43.9 Å². The molecule has 0 saturated carbocycles. The highest BCUT2D eigenvalue weighted by Crippen LogP contribution is 2.39. The van der Waals surface area contributed by atoms with Crippen LogP contribution in [0.25, 0.3) is 0 Å². The van der Waals surface area contributed by atoms with Gasteiger partial charge in [0.15, 0.2) is 5.78 Å². The zero-order valence-electron chi connectivity index (χ0n) is 18.2. The third-order valence-electron chi connectivity index (χ3n) is 6.66. The van der Waals surface area contributed by atoms with Gasteiger partial charge in [-0.2, -0.15) is 0 Å². The molecule has 32 heavy (non-hydrogen) atoms. The lowest BCUT2D eigenvalue weighted by Crippen LogP contribution is -2.56. The van der Waals surface area contributed by atoms with E-state index in [2.05, 4.69) is 9.80 Å². The molecule has 4 rings (SSSR count). The first-order chi connectivity index (χ1) is 15.5. The van der Waals surface area contributed by atoms with Gasteiger partial charge in [-0.3, -0.25) is 9.59 Å². The Balaban J connectivity index is 1.35. The first-order valence-electron chi connectivity index (χ1n) is 11.2. The number of rotatable bonds is 8. The Labute approximate surface area is 187 Å². The fourth-order valence-corrected chi connectivity index (χ4v) is 4.86. The van der Waals surface area contributed by atoms with Crippen molar-refractivity contribution >= 4 is 17.4 Å². The summed E-state index contributed by atoms with van der Waals surface area (Å²) >= 11 is 0. The summed E-state index contributed by atoms with van der Waals surface area (Å²) in [5, 5.41) is 0. The van der Waals surface area contributed by atoms with Crippen LogP contribution in [-0.2, 0) is 4.79 Å². The number of carbonyl (C=O) groups excluding carboxylic acids is 2. The van der Waals surface area contributed by atoms with Gasteiger partial charge in [0.2, 0.25) is 5.91 Å². The minimum atomic E-state index is -0.628. The van der Waals surface area contributed by atoms with Crippen molar-refractivity contribution in [3.8, 4) is 0 Å². The number of anilines is 1. The van der Waals surface area contributed by atoms with Crippen molar-refractivity contribution in [1.29, 1.82) is 0 Å². The highest BCUT2D eigenvalue weighted by Gasteiger charge is 2.53. The van der Waals surface area contributed by atoms with E-state index < -0.39 is 12.2 Å². The Morgan fingerprint density at radius 2 is 1.66 bits per heavy atom. The fraction of sp³-hybridized carbons (Fsp3) is 0.440. The lowest BCUT2D eigenvalue weighted by atomic mass is 9.85. The number of hydrogen-bond donors (Lipinski definition) is 0. The molecule has 2 fully saturated rings. The molecule has 1 amide bonds. The summed E-state index contributed by atoms with van der Waals surface area (Å²) in [5.41, 5.74) is 0.893. The quantitative estimate of drug-likeness (QED) is 0.584. The maximum Gasteiger partial charge on any atom is 0.250 e. The Morgan fingerprint density at radius 1 is 0.969 bits per heavy atom. The number of carbonyl (C=O) groups is 2. The molecule has 0 unspecified atom stereocenters. The van der Waals surface area contributed by atoms with Gasteiger partial charge >= 0.3 is 0 Å². The molecule has 5 nitrogen and oxygen atoms in total. The molecule has 2 heterocycles. The van der Waals surface area contributed by atoms with Gasteiger partial charge in [0, 0.05) is 30.8 Å². The zero-order valence-corrected chi connectivity index (χ0v) is 18.2. The molecule has 7 heteroatoms. The maximum atomic E-state index is 13.3. The summed E-state index contributed by atoms with van der Waals surface area (Å²) in [6.45, 7) is 2.28. The second-order valence-corrected chi connectivity index (χ2v) is 8.57. The van der Waals surface area contributed by atoms with E-state index in [1.807, 2.05) is 30.3 Å². The summed E-state index contributed by atoms with van der Waals surface area (Å²) in [6, 6.07) is 15.5. The van der Waals surface area contributed by atoms with Gasteiger partial charge in [0.1, 0.15) is 18.0 Å². The number of hydrogen-bond acceptors (Lipinski definition) is 4. The number of Topliss-reactive ketones (excluding diaryl/α,β-unsaturated/α-hetero) is 1. The smallest absolute Gasteiger partial charge is 0.250 e. The number of likely N-dealkylation sites (tertiary alicyclic amines) is 1. The van der Waals surface area contributed by atoms with Crippen molar-refractivity contribution < 1.29 is 18.4 Å². The van der Waals surface area contributed by atoms with E-state index in [9.17, 15) is 18.4 Å². The maximum absolute atomic E-state index is 13.3. The van der Waals surface area contributed by atoms with Crippen LogP contribution in [0, 0.1) is 5.82 Å². The molecule has 2 aromatic rings. The minimum Gasteiger partial charge on any atom is -0.339 e. The number of nitrogens with zero attached hydrogens (tertiary/aromatic N) is 3. The van der Waals surface area contributed by atoms with Crippen molar-refractivity contribution in [2.45, 2.75) is 31.2 Å². The molecule has 1 spiro atoms. The molecule has 0 aliphatic carbocycles. The van der Waals surface area contributed by atoms with Gasteiger partial charge in [-0.15, -0.1) is 0 Å². The summed E-state index contributed by atoms with van der Waals surface area (Å²) in [6.07, 6.45) is 2.48. The summed E-state index contributed by atoms with van der Waals surface area (Å²) < 4.78 is 26.1. The first kappa shape index (κ1) is 22.4. The number of piperidine rings is 1. The summed E-state index contributed by atoms with van der Waals surface area (Å²) in [5.74, 6) is -0.313. The molecule has 0 atom stereocenters. The Bertz CT molecular complexity index is 928. The number of amides is 1. The van der Waals surface area contributed by atoms with Gasteiger partial charge < -0.3 is 14.7 Å². The molecule has 2 aliphatic rings. The van der Waals surface area contributed by atoms with Crippen LogP contribution in [0.4, 0.5) is 14.5 Å². The standard InChI is InChI=1S/C25H29F2N3O2/c26-14-18-29-19-30(22-5-2-1-3-6-22)25(24(29)32)12-16-28(17-13-25)15-4-7-23(31)20-8-10-21(27)11-9-20/h1-3,5-6,8-11H,4,7,12-19H2/i26-1. The number of ketones is 1. The van der Waals surface area contributed by atoms with Gasteiger partial charge in [0.25, 0.3) is 0 Å². The van der Waals surface area contributed by atoms with Crippen molar-refractivity contribution in [3.05, 3.63) is 66.0 Å². The fourth-order valence-electron chi connectivity index (χ4n) is 4.86. The molecule has 0 radical (unpaired) electrons. The molecular formula is C25H29F2N3O2. The predicted molar refractivity (Wildman–Crippen MR) is 120 cm³/mol. The van der Waals surface area contributed by atoms with Gasteiger partial charge in [0.05, 0.1) is 13.2 Å². The van der Waals surface area contributed by atoms with Crippen LogP contribution in [0.1, 0.15) is 36.0 Å². The lowest BCUT2D eigenvalue weighted by molar-refractivity contribution is -0.133. The van der Waals surface area contributed by atoms with Crippen molar-refractivity contribution in [2.24, 2.45) is 0 Å². The molecule has 2 aromatic carbocycles. The SMILES string of the molecule is O=C(CCCN1CCC2(CC1)C(=O)N(CC[18F])CN2c1ccccc1)c1ccc(F)cc1. The van der Waals surface area contributed by atoms with Crippen LogP contribution in [-0.4, -0.2) is 66.6 Å². The number of halogens is 2. The van der Waals surface area contributed by atoms with Gasteiger partial charge in [-0.25, -0.2) is 8.78 Å². The van der Waals surface area contributed by atoms with E-state index in [1.165, 1.54) is 24.3 Å². The van der Waals surface area contributed by atoms with Gasteiger partial charge in [-0.05, 0) is 62.2 Å². The van der Waals surface area contributed by atoms with Crippen LogP contribution < -0.4 is 4.90 Å². The third kappa shape index (κ3) is 4.53. The highest BCUT2D eigenvalue weighted by molar-refractivity contribution is 5.96. The monoisotopic (exact) mass is 440 g/mol. The molecular weight excluding hydrogens is 411 g/mol. The molecule has 2 aliphatic heterocycles. The average molecular weight is 441 g/mol. The number of para-hydroxylation sites is 1. The van der Waals surface area contributed by atoms with E-state index >= 15 is 0 Å². The van der Waals surface area contributed by atoms with Crippen LogP contribution >= 0.6 is 0 Å². The van der Waals surface area contributed by atoms with E-state index in [0.29, 0.717) is 37.9 Å². The van der Waals surface area contributed by atoms with Crippen LogP contribution in [0.3, 0.4) is 0 Å². The number of alkyl halides is 1. The molecule has 2 saturated heterocycles. The normalized spacial score (nSPS) is 18.5. The molecule has 170 valence electrons. The van der Waals surface area contributed by atoms with Crippen LogP contribution in [0.5, 0.6) is 0 Å². The Hall–Kier alpha value is -2.80. The second kappa shape index (κ2) is 9.77. The van der Waals surface area contributed by atoms with Crippen LogP contribution in [0.2, 0.25) is 0 Å². The predicted octanol–water partition coefficient (Wildman–Crippen LogP) is 3.90. The highest BCUT2D eigenvalue weighted by atomic mass is 19.1. The van der Waals surface area contributed by atoms with Gasteiger partial charge in [-0.1, -0.05) is 18.2 Å². The van der Waals surface area contributed by atoms with Crippen molar-refractivity contribution in [1.82, 2.24) is 9.80 Å². The average Bonchev–Trinajstić information content (AvgIpc) is 3.08. The Morgan fingerprint density at radius 3 is 2.31 bits per heavy atom. The lowest BCUT2D eigenvalue weighted by Gasteiger charge is -2.43. The molecule has 0 bridgehead atoms. The summed E-state index contributed by atoms with van der Waals surface area (Å²) in [7, 11) is 0. The van der Waals surface area contributed by atoms with E-state index in [-0.39, 0.29) is 24.1 Å². The summed E-state index contributed by atoms with van der Waals surface area (Å²) in [4.78, 5) is 31.6. The van der Waals surface area contributed by atoms with Crippen molar-refractivity contribution in [3.63, 3.8) is 0 Å². The van der Waals surface area contributed by atoms with E-state index in [4.69, 9.17) is 0 Å². The van der Waals surface area contributed by atoms with E-state index in [0.717, 1.165) is 25.3 Å².